The number of nitrogens with zero attached hydrogens (tertiary/aromatic N) is 2. The highest BCUT2D eigenvalue weighted by atomic mass is 16.5. The van der Waals surface area contributed by atoms with E-state index in [2.05, 4.69) is 10.4 Å². The van der Waals surface area contributed by atoms with Crippen LogP contribution in [-0.2, 0) is 9.53 Å². The Balaban J connectivity index is 1.51. The van der Waals surface area contributed by atoms with Gasteiger partial charge in [0.05, 0.1) is 17.3 Å². The van der Waals surface area contributed by atoms with Crippen molar-refractivity contribution < 1.29 is 19.4 Å². The summed E-state index contributed by atoms with van der Waals surface area (Å²) < 4.78 is 6.99. The standard InChI is InChI=1S/C21H25N3O4/c25-20(22-13-17(21(26)27)14-8-10-28-11-9-14)19-12-18(15-6-7-15)23-24(19)16-4-2-1-3-5-16/h1-5,12,14-15,17H,6-11,13H2,(H,22,25)(H,26,27). The molecule has 28 heavy (non-hydrogen) atoms. The van der Waals surface area contributed by atoms with Crippen LogP contribution >= 0.6 is 0 Å². The molecule has 7 heteroatoms. The SMILES string of the molecule is O=C(NCC(C(=O)O)C1CCOCC1)c1cc(C2CC2)nn1-c1ccccc1. The first-order chi connectivity index (χ1) is 13.6. The molecule has 2 aromatic rings. The van der Waals surface area contributed by atoms with Crippen molar-refractivity contribution in [3.8, 4) is 5.69 Å². The number of hydrogen-bond acceptors (Lipinski definition) is 4. The largest absolute Gasteiger partial charge is 0.481 e. The molecule has 1 aromatic carbocycles. The summed E-state index contributed by atoms with van der Waals surface area (Å²) in [5.74, 6) is -1.33. The van der Waals surface area contributed by atoms with E-state index in [1.165, 1.54) is 0 Å². The van der Waals surface area contributed by atoms with Gasteiger partial charge in [-0.3, -0.25) is 9.59 Å². The molecule has 1 amide bonds. The molecule has 4 rings (SSSR count). The third-order valence-corrected chi connectivity index (χ3v) is 5.59. The molecule has 148 valence electrons. The predicted octanol–water partition coefficient (Wildman–Crippen LogP) is 2.61. The van der Waals surface area contributed by atoms with Gasteiger partial charge in [-0.15, -0.1) is 0 Å². The molecule has 2 fully saturated rings. The van der Waals surface area contributed by atoms with E-state index in [0.29, 0.717) is 37.7 Å². The van der Waals surface area contributed by atoms with Crippen LogP contribution in [0, 0.1) is 11.8 Å². The van der Waals surface area contributed by atoms with E-state index in [1.54, 1.807) is 4.68 Å². The Labute approximate surface area is 163 Å². The van der Waals surface area contributed by atoms with Crippen molar-refractivity contribution in [2.24, 2.45) is 11.8 Å². The topological polar surface area (TPSA) is 93.5 Å². The van der Waals surface area contributed by atoms with Crippen molar-refractivity contribution in [1.29, 1.82) is 0 Å². The van der Waals surface area contributed by atoms with E-state index in [0.717, 1.165) is 24.2 Å². The summed E-state index contributed by atoms with van der Waals surface area (Å²) in [7, 11) is 0. The smallest absolute Gasteiger partial charge is 0.308 e. The van der Waals surface area contributed by atoms with Gasteiger partial charge in [-0.05, 0) is 49.8 Å². The second-order valence-electron chi connectivity index (χ2n) is 7.58. The van der Waals surface area contributed by atoms with Gasteiger partial charge in [0, 0.05) is 25.7 Å². The summed E-state index contributed by atoms with van der Waals surface area (Å²) in [5.41, 5.74) is 2.19. The Morgan fingerprint density at radius 3 is 2.54 bits per heavy atom. The van der Waals surface area contributed by atoms with Gasteiger partial charge in [-0.25, -0.2) is 4.68 Å². The molecule has 2 aliphatic rings. The molecular formula is C21H25N3O4. The molecule has 1 atom stereocenters. The number of benzene rings is 1. The van der Waals surface area contributed by atoms with Gasteiger partial charge in [0.25, 0.3) is 5.91 Å². The number of carbonyl (C=O) groups is 2. The van der Waals surface area contributed by atoms with Gasteiger partial charge in [0.2, 0.25) is 0 Å². The van der Waals surface area contributed by atoms with Crippen molar-refractivity contribution in [3.05, 3.63) is 47.8 Å². The van der Waals surface area contributed by atoms with E-state index in [-0.39, 0.29) is 18.4 Å². The molecule has 1 saturated carbocycles. The van der Waals surface area contributed by atoms with Crippen molar-refractivity contribution in [1.82, 2.24) is 15.1 Å². The summed E-state index contributed by atoms with van der Waals surface area (Å²) in [4.78, 5) is 24.6. The minimum absolute atomic E-state index is 0.0209. The molecule has 0 bridgehead atoms. The van der Waals surface area contributed by atoms with Crippen molar-refractivity contribution in [2.45, 2.75) is 31.6 Å². The van der Waals surface area contributed by atoms with Crippen LogP contribution in [0.25, 0.3) is 5.69 Å². The van der Waals surface area contributed by atoms with Crippen LogP contribution in [0.2, 0.25) is 0 Å². The van der Waals surface area contributed by atoms with Crippen LogP contribution in [-0.4, -0.2) is 46.5 Å². The van der Waals surface area contributed by atoms with Crippen LogP contribution in [0.4, 0.5) is 0 Å². The summed E-state index contributed by atoms with van der Waals surface area (Å²) in [6.07, 6.45) is 3.61. The highest BCUT2D eigenvalue weighted by molar-refractivity contribution is 5.93. The maximum absolute atomic E-state index is 12.9. The minimum atomic E-state index is -0.873. The highest BCUT2D eigenvalue weighted by Crippen LogP contribution is 2.39. The van der Waals surface area contributed by atoms with E-state index < -0.39 is 11.9 Å². The number of aromatic nitrogens is 2. The Hall–Kier alpha value is -2.67. The van der Waals surface area contributed by atoms with Crippen molar-refractivity contribution >= 4 is 11.9 Å². The monoisotopic (exact) mass is 383 g/mol. The van der Waals surface area contributed by atoms with Gasteiger partial charge in [-0.1, -0.05) is 18.2 Å². The maximum Gasteiger partial charge on any atom is 0.308 e. The molecule has 0 radical (unpaired) electrons. The average Bonchev–Trinajstić information content (AvgIpc) is 3.47. The quantitative estimate of drug-likeness (QED) is 0.767. The number of ether oxygens (including phenoxy) is 1. The molecule has 1 saturated heterocycles. The first kappa shape index (κ1) is 18.7. The number of hydrogen-bond donors (Lipinski definition) is 2. The Bertz CT molecular complexity index is 839. The molecule has 2 N–H and O–H groups in total. The second kappa shape index (κ2) is 8.14. The van der Waals surface area contributed by atoms with Crippen molar-refractivity contribution in [3.63, 3.8) is 0 Å². The number of carbonyl (C=O) groups excluding carboxylic acids is 1. The first-order valence-electron chi connectivity index (χ1n) is 9.87. The molecule has 2 heterocycles. The Kier molecular flexibility index (Phi) is 5.43. The molecular weight excluding hydrogens is 358 g/mol. The van der Waals surface area contributed by atoms with E-state index in [4.69, 9.17) is 4.74 Å². The number of amides is 1. The maximum atomic E-state index is 12.9. The lowest BCUT2D eigenvalue weighted by atomic mass is 9.86. The fourth-order valence-electron chi connectivity index (χ4n) is 3.77. The number of nitrogens with one attached hydrogen (secondary N) is 1. The van der Waals surface area contributed by atoms with Gasteiger partial charge in [0.15, 0.2) is 0 Å². The minimum Gasteiger partial charge on any atom is -0.481 e. The van der Waals surface area contributed by atoms with Gasteiger partial charge < -0.3 is 15.2 Å². The Morgan fingerprint density at radius 1 is 1.18 bits per heavy atom. The fraction of sp³-hybridized carbons (Fsp3) is 0.476. The zero-order chi connectivity index (χ0) is 19.5. The normalized spacial score (nSPS) is 18.6. The second-order valence-corrected chi connectivity index (χ2v) is 7.58. The summed E-state index contributed by atoms with van der Waals surface area (Å²) in [5, 5.41) is 17.1. The van der Waals surface area contributed by atoms with Crippen molar-refractivity contribution in [2.75, 3.05) is 19.8 Å². The van der Waals surface area contributed by atoms with Gasteiger partial charge >= 0.3 is 5.97 Å². The third-order valence-electron chi connectivity index (χ3n) is 5.59. The zero-order valence-electron chi connectivity index (χ0n) is 15.7. The summed E-state index contributed by atoms with van der Waals surface area (Å²) in [6, 6.07) is 11.4. The lowest BCUT2D eigenvalue weighted by molar-refractivity contribution is -0.144. The number of carboxylic acids is 1. The van der Waals surface area contributed by atoms with Crippen LogP contribution < -0.4 is 5.32 Å². The lowest BCUT2D eigenvalue weighted by Crippen LogP contribution is -2.39. The lowest BCUT2D eigenvalue weighted by Gasteiger charge is -2.27. The Morgan fingerprint density at radius 2 is 1.89 bits per heavy atom. The fourth-order valence-corrected chi connectivity index (χ4v) is 3.77. The molecule has 1 aliphatic heterocycles. The van der Waals surface area contributed by atoms with Crippen LogP contribution in [0.15, 0.2) is 36.4 Å². The number of carboxylic acid groups (broad SMARTS) is 1. The molecule has 7 nitrogen and oxygen atoms in total. The number of aliphatic carboxylic acids is 1. The first-order valence-corrected chi connectivity index (χ1v) is 9.87. The average molecular weight is 383 g/mol. The summed E-state index contributed by atoms with van der Waals surface area (Å²) >= 11 is 0. The molecule has 1 aliphatic carbocycles. The molecule has 1 unspecified atom stereocenters. The van der Waals surface area contributed by atoms with Gasteiger partial charge in [-0.2, -0.15) is 5.10 Å². The van der Waals surface area contributed by atoms with E-state index >= 15 is 0 Å². The molecule has 0 spiro atoms. The van der Waals surface area contributed by atoms with E-state index in [1.807, 2.05) is 36.4 Å². The van der Waals surface area contributed by atoms with Crippen LogP contribution in [0.5, 0.6) is 0 Å². The summed E-state index contributed by atoms with van der Waals surface area (Å²) in [6.45, 7) is 1.26. The zero-order valence-corrected chi connectivity index (χ0v) is 15.7. The predicted molar refractivity (Wildman–Crippen MR) is 103 cm³/mol. The number of rotatable bonds is 7. The highest BCUT2D eigenvalue weighted by Gasteiger charge is 2.32. The third kappa shape index (κ3) is 4.09. The molecule has 1 aromatic heterocycles. The van der Waals surface area contributed by atoms with Gasteiger partial charge in [0.1, 0.15) is 5.69 Å². The van der Waals surface area contributed by atoms with E-state index in [9.17, 15) is 14.7 Å². The number of para-hydroxylation sites is 1. The van der Waals surface area contributed by atoms with Crippen LogP contribution in [0.3, 0.4) is 0 Å². The van der Waals surface area contributed by atoms with Crippen LogP contribution in [0.1, 0.15) is 47.8 Å².